The van der Waals surface area contributed by atoms with E-state index in [9.17, 15) is 8.42 Å². The Morgan fingerprint density at radius 2 is 2.06 bits per heavy atom. The highest BCUT2D eigenvalue weighted by Crippen LogP contribution is 2.21. The molecule has 0 amide bonds. The van der Waals surface area contributed by atoms with Crippen molar-refractivity contribution in [2.75, 3.05) is 36.7 Å². The minimum absolute atomic E-state index is 0.0874. The third kappa shape index (κ3) is 4.39. The summed E-state index contributed by atoms with van der Waals surface area (Å²) < 4.78 is 26.9. The predicted octanol–water partition coefficient (Wildman–Crippen LogP) is 0.734. The second kappa shape index (κ2) is 5.07. The van der Waals surface area contributed by atoms with Crippen LogP contribution in [0.1, 0.15) is 0 Å². The topological polar surface area (TPSA) is 81.4 Å². The SMILES string of the molecule is COc1cc(N)cc(NCCS(C)(=O)=O)c1. The third-order valence-corrected chi connectivity index (χ3v) is 2.91. The van der Waals surface area contributed by atoms with Gasteiger partial charge in [0.1, 0.15) is 15.6 Å². The van der Waals surface area contributed by atoms with Crippen LogP contribution in [0.5, 0.6) is 5.75 Å². The van der Waals surface area contributed by atoms with E-state index in [0.717, 1.165) is 5.69 Å². The number of nitrogens with two attached hydrogens (primary N) is 1. The summed E-state index contributed by atoms with van der Waals surface area (Å²) in [5.74, 6) is 0.728. The first-order chi connectivity index (χ1) is 7.40. The molecule has 0 aromatic heterocycles. The van der Waals surface area contributed by atoms with Crippen molar-refractivity contribution in [3.05, 3.63) is 18.2 Å². The Morgan fingerprint density at radius 3 is 2.62 bits per heavy atom. The van der Waals surface area contributed by atoms with Crippen LogP contribution in [0.2, 0.25) is 0 Å². The lowest BCUT2D eigenvalue weighted by atomic mass is 10.2. The Kier molecular flexibility index (Phi) is 4.00. The van der Waals surface area contributed by atoms with Gasteiger partial charge < -0.3 is 15.8 Å². The summed E-state index contributed by atoms with van der Waals surface area (Å²) in [6.07, 6.45) is 1.20. The molecule has 5 nitrogen and oxygen atoms in total. The van der Waals surface area contributed by atoms with E-state index in [1.54, 1.807) is 25.3 Å². The van der Waals surface area contributed by atoms with Crippen LogP contribution in [0.3, 0.4) is 0 Å². The minimum atomic E-state index is -2.95. The number of nitrogen functional groups attached to an aromatic ring is 1. The van der Waals surface area contributed by atoms with Crippen LogP contribution in [0, 0.1) is 0 Å². The number of ether oxygens (including phenoxy) is 1. The lowest BCUT2D eigenvalue weighted by Gasteiger charge is -2.08. The number of benzene rings is 1. The van der Waals surface area contributed by atoms with E-state index in [4.69, 9.17) is 10.5 Å². The fourth-order valence-corrected chi connectivity index (χ4v) is 1.70. The van der Waals surface area contributed by atoms with Crippen molar-refractivity contribution in [3.63, 3.8) is 0 Å². The fraction of sp³-hybridized carbons (Fsp3) is 0.400. The molecular formula is C10H16N2O3S. The number of hydrogen-bond donors (Lipinski definition) is 2. The van der Waals surface area contributed by atoms with Crippen molar-refractivity contribution in [2.45, 2.75) is 0 Å². The summed E-state index contributed by atoms with van der Waals surface area (Å²) in [6, 6.07) is 5.19. The smallest absolute Gasteiger partial charge is 0.149 e. The molecule has 1 aromatic carbocycles. The molecule has 0 unspecified atom stereocenters. The van der Waals surface area contributed by atoms with Crippen molar-refractivity contribution in [3.8, 4) is 5.75 Å². The van der Waals surface area contributed by atoms with Gasteiger partial charge in [-0.05, 0) is 6.07 Å². The number of anilines is 2. The molecule has 90 valence electrons. The first kappa shape index (κ1) is 12.6. The number of hydrogen-bond acceptors (Lipinski definition) is 5. The molecule has 0 aliphatic carbocycles. The van der Waals surface area contributed by atoms with Gasteiger partial charge in [-0.25, -0.2) is 8.42 Å². The summed E-state index contributed by atoms with van der Waals surface area (Å²) in [6.45, 7) is 0.353. The van der Waals surface area contributed by atoms with Crippen LogP contribution in [0.4, 0.5) is 11.4 Å². The van der Waals surface area contributed by atoms with Gasteiger partial charge in [0.05, 0.1) is 12.9 Å². The van der Waals surface area contributed by atoms with Crippen LogP contribution >= 0.6 is 0 Å². The zero-order chi connectivity index (χ0) is 12.2. The summed E-state index contributed by atoms with van der Waals surface area (Å²) in [4.78, 5) is 0. The average molecular weight is 244 g/mol. The first-order valence-electron chi connectivity index (χ1n) is 4.77. The second-order valence-electron chi connectivity index (χ2n) is 3.55. The van der Waals surface area contributed by atoms with Crippen molar-refractivity contribution >= 4 is 21.2 Å². The molecule has 0 spiro atoms. The van der Waals surface area contributed by atoms with Crippen molar-refractivity contribution < 1.29 is 13.2 Å². The molecule has 0 radical (unpaired) electrons. The zero-order valence-corrected chi connectivity index (χ0v) is 10.2. The van der Waals surface area contributed by atoms with E-state index in [-0.39, 0.29) is 5.75 Å². The number of nitrogens with one attached hydrogen (secondary N) is 1. The maximum Gasteiger partial charge on any atom is 0.149 e. The lowest BCUT2D eigenvalue weighted by Crippen LogP contribution is -2.14. The standard InChI is InChI=1S/C10H16N2O3S/c1-15-10-6-8(11)5-9(7-10)12-3-4-16(2,13)14/h5-7,12H,3-4,11H2,1-2H3. The molecule has 0 aliphatic rings. The highest BCUT2D eigenvalue weighted by atomic mass is 32.2. The Balaban J connectivity index is 2.63. The van der Waals surface area contributed by atoms with E-state index >= 15 is 0 Å². The molecule has 0 fully saturated rings. The zero-order valence-electron chi connectivity index (χ0n) is 9.36. The monoisotopic (exact) mass is 244 g/mol. The highest BCUT2D eigenvalue weighted by molar-refractivity contribution is 7.90. The van der Waals surface area contributed by atoms with Crippen molar-refractivity contribution in [2.24, 2.45) is 0 Å². The number of sulfone groups is 1. The van der Waals surface area contributed by atoms with E-state index in [0.29, 0.717) is 18.0 Å². The van der Waals surface area contributed by atoms with Crippen molar-refractivity contribution in [1.29, 1.82) is 0 Å². The van der Waals surface area contributed by atoms with E-state index < -0.39 is 9.84 Å². The summed E-state index contributed by atoms with van der Waals surface area (Å²) in [7, 11) is -1.39. The summed E-state index contributed by atoms with van der Waals surface area (Å²) in [5, 5.41) is 2.98. The Hall–Kier alpha value is -1.43. The largest absolute Gasteiger partial charge is 0.497 e. The second-order valence-corrected chi connectivity index (χ2v) is 5.81. The molecule has 0 atom stereocenters. The Labute approximate surface area is 95.5 Å². The molecule has 0 saturated carbocycles. The molecule has 1 aromatic rings. The van der Waals surface area contributed by atoms with Gasteiger partial charge in [0.15, 0.2) is 0 Å². The van der Waals surface area contributed by atoms with Crippen LogP contribution in [-0.4, -0.2) is 34.1 Å². The van der Waals surface area contributed by atoms with Gasteiger partial charge in [0, 0.05) is 36.3 Å². The van der Waals surface area contributed by atoms with Gasteiger partial charge in [-0.1, -0.05) is 0 Å². The maximum atomic E-state index is 10.9. The number of methoxy groups -OCH3 is 1. The Morgan fingerprint density at radius 1 is 1.38 bits per heavy atom. The van der Waals surface area contributed by atoms with Crippen LogP contribution < -0.4 is 15.8 Å². The van der Waals surface area contributed by atoms with E-state index in [1.807, 2.05) is 0 Å². The molecule has 3 N–H and O–H groups in total. The Bertz CT molecular complexity index is 457. The van der Waals surface area contributed by atoms with Crippen LogP contribution in [0.25, 0.3) is 0 Å². The lowest BCUT2D eigenvalue weighted by molar-refractivity contribution is 0.415. The molecule has 0 aliphatic heterocycles. The molecule has 0 bridgehead atoms. The molecule has 0 saturated heterocycles. The molecule has 0 heterocycles. The van der Waals surface area contributed by atoms with Crippen molar-refractivity contribution in [1.82, 2.24) is 0 Å². The van der Waals surface area contributed by atoms with Gasteiger partial charge in [-0.3, -0.25) is 0 Å². The maximum absolute atomic E-state index is 10.9. The van der Waals surface area contributed by atoms with Gasteiger partial charge >= 0.3 is 0 Å². The van der Waals surface area contributed by atoms with Gasteiger partial charge in [-0.2, -0.15) is 0 Å². The normalized spacial score (nSPS) is 11.1. The predicted molar refractivity (Wildman–Crippen MR) is 65.6 cm³/mol. The fourth-order valence-electron chi connectivity index (χ4n) is 1.22. The highest BCUT2D eigenvalue weighted by Gasteiger charge is 2.02. The molecule has 1 rings (SSSR count). The quantitative estimate of drug-likeness (QED) is 0.746. The first-order valence-corrected chi connectivity index (χ1v) is 6.83. The summed E-state index contributed by atoms with van der Waals surface area (Å²) >= 11 is 0. The third-order valence-electron chi connectivity index (χ3n) is 1.97. The van der Waals surface area contributed by atoms with Crippen LogP contribution in [-0.2, 0) is 9.84 Å². The summed E-state index contributed by atoms with van der Waals surface area (Å²) in [5.41, 5.74) is 6.98. The van der Waals surface area contributed by atoms with Crippen LogP contribution in [0.15, 0.2) is 18.2 Å². The number of rotatable bonds is 5. The van der Waals surface area contributed by atoms with Gasteiger partial charge in [0.2, 0.25) is 0 Å². The van der Waals surface area contributed by atoms with E-state index in [2.05, 4.69) is 5.32 Å². The van der Waals surface area contributed by atoms with E-state index in [1.165, 1.54) is 6.26 Å². The average Bonchev–Trinajstić information content (AvgIpc) is 2.14. The molecule has 6 heteroatoms. The minimum Gasteiger partial charge on any atom is -0.497 e. The van der Waals surface area contributed by atoms with Gasteiger partial charge in [-0.15, -0.1) is 0 Å². The van der Waals surface area contributed by atoms with Gasteiger partial charge in [0.25, 0.3) is 0 Å². The molecule has 16 heavy (non-hydrogen) atoms. The molecular weight excluding hydrogens is 228 g/mol.